The molecule has 3 rings (SSSR count). The Hall–Kier alpha value is -2.56. The van der Waals surface area contributed by atoms with Gasteiger partial charge >= 0.3 is 5.97 Å². The molecule has 24 heavy (non-hydrogen) atoms. The summed E-state index contributed by atoms with van der Waals surface area (Å²) in [5.74, 6) is -0.469. The van der Waals surface area contributed by atoms with E-state index in [9.17, 15) is 9.59 Å². The Morgan fingerprint density at radius 3 is 2.54 bits per heavy atom. The summed E-state index contributed by atoms with van der Waals surface area (Å²) in [5.41, 5.74) is 1.88. The Balaban J connectivity index is 1.94. The van der Waals surface area contributed by atoms with E-state index in [-0.39, 0.29) is 18.1 Å². The highest BCUT2D eigenvalue weighted by Gasteiger charge is 2.29. The van der Waals surface area contributed by atoms with Crippen LogP contribution in [0.4, 0.5) is 5.69 Å². The van der Waals surface area contributed by atoms with Gasteiger partial charge in [0.1, 0.15) is 12.2 Å². The highest BCUT2D eigenvalue weighted by molar-refractivity contribution is 6.08. The van der Waals surface area contributed by atoms with Crippen molar-refractivity contribution in [3.63, 3.8) is 0 Å². The topological polar surface area (TPSA) is 70.7 Å². The number of hydrogen-bond acceptors (Lipinski definition) is 3. The van der Waals surface area contributed by atoms with E-state index < -0.39 is 5.97 Å². The minimum absolute atomic E-state index is 0.185. The van der Waals surface area contributed by atoms with Crippen LogP contribution in [0.25, 0.3) is 0 Å². The highest BCUT2D eigenvalue weighted by Crippen LogP contribution is 2.31. The Bertz CT molecular complexity index is 731. The molecule has 1 saturated carbocycles. The summed E-state index contributed by atoms with van der Waals surface area (Å²) >= 11 is 0. The maximum Gasteiger partial charge on any atom is 0.311 e. The van der Waals surface area contributed by atoms with E-state index >= 15 is 0 Å². The first kappa shape index (κ1) is 16.3. The van der Waals surface area contributed by atoms with Crippen LogP contribution in [0.15, 0.2) is 41.0 Å². The molecule has 1 aromatic carbocycles. The van der Waals surface area contributed by atoms with Gasteiger partial charge in [-0.1, -0.05) is 24.6 Å². The quantitative estimate of drug-likeness (QED) is 0.879. The average molecular weight is 327 g/mol. The summed E-state index contributed by atoms with van der Waals surface area (Å²) in [6.07, 6.45) is 4.63. The normalized spacial score (nSPS) is 14.2. The number of carboxylic acids is 1. The van der Waals surface area contributed by atoms with Crippen molar-refractivity contribution in [2.45, 2.75) is 32.6 Å². The van der Waals surface area contributed by atoms with Crippen LogP contribution in [0.1, 0.15) is 40.9 Å². The minimum Gasteiger partial charge on any atom is -0.481 e. The highest BCUT2D eigenvalue weighted by atomic mass is 16.4. The maximum absolute atomic E-state index is 13.2. The van der Waals surface area contributed by atoms with Crippen LogP contribution >= 0.6 is 0 Å². The molecule has 0 atom stereocenters. The predicted octanol–water partition coefficient (Wildman–Crippen LogP) is 3.66. The second-order valence-corrected chi connectivity index (χ2v) is 6.34. The minimum atomic E-state index is -1.01. The zero-order valence-corrected chi connectivity index (χ0v) is 13.7. The SMILES string of the molecule is Cc1coc(CC(=O)O)c1C(=O)N(CC1CCC1)c1ccccc1. The molecule has 1 aromatic heterocycles. The molecular weight excluding hydrogens is 306 g/mol. The number of aliphatic carboxylic acids is 1. The van der Waals surface area contributed by atoms with Crippen LogP contribution in [-0.2, 0) is 11.2 Å². The summed E-state index contributed by atoms with van der Waals surface area (Å²) in [6.45, 7) is 2.43. The number of aryl methyl sites for hydroxylation is 1. The largest absolute Gasteiger partial charge is 0.481 e. The van der Waals surface area contributed by atoms with Gasteiger partial charge < -0.3 is 14.4 Å². The third-order valence-electron chi connectivity index (χ3n) is 4.56. The molecule has 1 aliphatic rings. The van der Waals surface area contributed by atoms with Gasteiger partial charge in [-0.15, -0.1) is 0 Å². The number of nitrogens with zero attached hydrogens (tertiary/aromatic N) is 1. The number of amides is 1. The van der Waals surface area contributed by atoms with Crippen LogP contribution in [-0.4, -0.2) is 23.5 Å². The monoisotopic (exact) mass is 327 g/mol. The lowest BCUT2D eigenvalue weighted by molar-refractivity contribution is -0.136. The molecule has 1 N–H and O–H groups in total. The van der Waals surface area contributed by atoms with Gasteiger partial charge in [-0.05, 0) is 37.8 Å². The van der Waals surface area contributed by atoms with Crippen molar-refractivity contribution in [1.29, 1.82) is 0 Å². The molecule has 2 aromatic rings. The summed E-state index contributed by atoms with van der Waals surface area (Å²) < 4.78 is 5.33. The van der Waals surface area contributed by atoms with Crippen LogP contribution in [0.3, 0.4) is 0 Å². The van der Waals surface area contributed by atoms with Gasteiger partial charge in [0.15, 0.2) is 0 Å². The standard InChI is InChI=1S/C19H21NO4/c1-13-12-24-16(10-17(21)22)18(13)19(23)20(11-14-6-5-7-14)15-8-3-2-4-9-15/h2-4,8-9,12,14H,5-7,10-11H2,1H3,(H,21,22). The third kappa shape index (κ3) is 3.35. The van der Waals surface area contributed by atoms with E-state index in [2.05, 4.69) is 0 Å². The number of anilines is 1. The van der Waals surface area contributed by atoms with Crippen LogP contribution < -0.4 is 4.90 Å². The molecule has 0 saturated heterocycles. The van der Waals surface area contributed by atoms with Gasteiger partial charge in [-0.2, -0.15) is 0 Å². The molecule has 0 radical (unpaired) electrons. The van der Waals surface area contributed by atoms with E-state index in [1.807, 2.05) is 30.3 Å². The average Bonchev–Trinajstić information content (AvgIpc) is 2.86. The van der Waals surface area contributed by atoms with Gasteiger partial charge in [-0.3, -0.25) is 9.59 Å². The second-order valence-electron chi connectivity index (χ2n) is 6.34. The van der Waals surface area contributed by atoms with Crippen molar-refractivity contribution in [3.8, 4) is 0 Å². The van der Waals surface area contributed by atoms with Gasteiger partial charge in [0.2, 0.25) is 0 Å². The summed E-state index contributed by atoms with van der Waals surface area (Å²) in [5, 5.41) is 9.05. The zero-order chi connectivity index (χ0) is 17.1. The molecule has 1 heterocycles. The van der Waals surface area contributed by atoms with Crippen molar-refractivity contribution >= 4 is 17.6 Å². The third-order valence-corrected chi connectivity index (χ3v) is 4.56. The fourth-order valence-electron chi connectivity index (χ4n) is 3.03. The number of furan rings is 1. The smallest absolute Gasteiger partial charge is 0.311 e. The Morgan fingerprint density at radius 1 is 1.25 bits per heavy atom. The molecule has 5 heteroatoms. The Kier molecular flexibility index (Phi) is 4.69. The molecule has 0 bridgehead atoms. The number of carbonyl (C=O) groups is 2. The summed E-state index contributed by atoms with van der Waals surface area (Å²) in [6, 6.07) is 9.52. The predicted molar refractivity (Wildman–Crippen MR) is 90.2 cm³/mol. The zero-order valence-electron chi connectivity index (χ0n) is 13.7. The molecule has 5 nitrogen and oxygen atoms in total. The van der Waals surface area contributed by atoms with Gasteiger partial charge in [-0.25, -0.2) is 0 Å². The first-order valence-electron chi connectivity index (χ1n) is 8.22. The number of para-hydroxylation sites is 1. The molecule has 1 fully saturated rings. The number of benzene rings is 1. The van der Waals surface area contributed by atoms with E-state index in [1.54, 1.807) is 11.8 Å². The van der Waals surface area contributed by atoms with E-state index in [0.717, 1.165) is 18.5 Å². The molecule has 1 aliphatic carbocycles. The molecule has 126 valence electrons. The van der Waals surface area contributed by atoms with E-state index in [0.29, 0.717) is 23.6 Å². The van der Waals surface area contributed by atoms with Crippen molar-refractivity contribution in [2.75, 3.05) is 11.4 Å². The first-order valence-corrected chi connectivity index (χ1v) is 8.22. The van der Waals surface area contributed by atoms with Crippen LogP contribution in [0.2, 0.25) is 0 Å². The summed E-state index contributed by atoms with van der Waals surface area (Å²) in [4.78, 5) is 26.0. The van der Waals surface area contributed by atoms with Crippen LogP contribution in [0.5, 0.6) is 0 Å². The lowest BCUT2D eigenvalue weighted by Gasteiger charge is -2.32. The fraction of sp³-hybridized carbons (Fsp3) is 0.368. The van der Waals surface area contributed by atoms with Crippen molar-refractivity contribution in [1.82, 2.24) is 0 Å². The van der Waals surface area contributed by atoms with Crippen molar-refractivity contribution in [2.24, 2.45) is 5.92 Å². The second kappa shape index (κ2) is 6.91. The van der Waals surface area contributed by atoms with E-state index in [4.69, 9.17) is 9.52 Å². The Morgan fingerprint density at radius 2 is 1.96 bits per heavy atom. The fourth-order valence-corrected chi connectivity index (χ4v) is 3.03. The first-order chi connectivity index (χ1) is 11.6. The molecular formula is C19H21NO4. The number of carbonyl (C=O) groups excluding carboxylic acids is 1. The molecule has 1 amide bonds. The maximum atomic E-state index is 13.2. The lowest BCUT2D eigenvalue weighted by Crippen LogP contribution is -2.38. The van der Waals surface area contributed by atoms with Crippen molar-refractivity contribution in [3.05, 3.63) is 53.5 Å². The molecule has 0 aliphatic heterocycles. The van der Waals surface area contributed by atoms with Gasteiger partial charge in [0.25, 0.3) is 5.91 Å². The number of carboxylic acid groups (broad SMARTS) is 1. The summed E-state index contributed by atoms with van der Waals surface area (Å²) in [7, 11) is 0. The molecule has 0 unspecified atom stereocenters. The van der Waals surface area contributed by atoms with Crippen molar-refractivity contribution < 1.29 is 19.1 Å². The van der Waals surface area contributed by atoms with E-state index in [1.165, 1.54) is 12.7 Å². The lowest BCUT2D eigenvalue weighted by atomic mass is 9.85. The van der Waals surface area contributed by atoms with Gasteiger partial charge in [0, 0.05) is 17.8 Å². The number of rotatable bonds is 6. The van der Waals surface area contributed by atoms with Crippen LogP contribution in [0, 0.1) is 12.8 Å². The molecule has 0 spiro atoms. The Labute approximate surface area is 140 Å². The number of hydrogen-bond donors (Lipinski definition) is 1. The van der Waals surface area contributed by atoms with Gasteiger partial charge in [0.05, 0.1) is 11.8 Å².